The number of nitrogens with one attached hydrogen (secondary N) is 1. The molecule has 2 rings (SSSR count). The largest absolute Gasteiger partial charge is 0.343 e. The first-order chi connectivity index (χ1) is 8.49. The number of carbonyl (C=O) groups excluding carboxylic acids is 1. The molecule has 3 nitrogen and oxygen atoms in total. The number of hydrogen-bond acceptors (Lipinski definition) is 4. The molecule has 0 spiro atoms. The van der Waals surface area contributed by atoms with Gasteiger partial charge in [-0.15, -0.1) is 0 Å². The molecule has 1 heterocycles. The maximum atomic E-state index is 13.5. The van der Waals surface area contributed by atoms with Crippen LogP contribution in [-0.4, -0.2) is 10.2 Å². The molecule has 2 aromatic rings. The fraction of sp³-hybridized carbons (Fsp3) is 0.167. The number of aromatic nitrogens is 1. The van der Waals surface area contributed by atoms with E-state index in [2.05, 4.69) is 9.69 Å². The van der Waals surface area contributed by atoms with Crippen molar-refractivity contribution in [3.63, 3.8) is 0 Å². The summed E-state index contributed by atoms with van der Waals surface area (Å²) < 4.78 is 30.5. The SMILES string of the molecule is CC(=O)c1c(C)nsc1Nc1cc(F)ccc1F. The molecule has 0 atom stereocenters. The van der Waals surface area contributed by atoms with E-state index in [9.17, 15) is 13.6 Å². The standard InChI is InChI=1S/C12H10F2N2OS/c1-6-11(7(2)17)12(18-16-6)15-10-5-8(13)3-4-9(10)14/h3-5,15H,1-2H3. The molecule has 18 heavy (non-hydrogen) atoms. The van der Waals surface area contributed by atoms with Crippen molar-refractivity contribution in [2.24, 2.45) is 0 Å². The van der Waals surface area contributed by atoms with E-state index in [-0.39, 0.29) is 11.5 Å². The zero-order chi connectivity index (χ0) is 13.3. The zero-order valence-electron chi connectivity index (χ0n) is 9.75. The Hall–Kier alpha value is -1.82. The molecule has 0 amide bonds. The highest BCUT2D eigenvalue weighted by molar-refractivity contribution is 7.10. The van der Waals surface area contributed by atoms with Gasteiger partial charge in [-0.2, -0.15) is 4.37 Å². The third-order valence-corrected chi connectivity index (χ3v) is 3.25. The normalized spacial score (nSPS) is 10.4. The summed E-state index contributed by atoms with van der Waals surface area (Å²) in [5.41, 5.74) is 0.969. The van der Waals surface area contributed by atoms with Gasteiger partial charge in [-0.05, 0) is 37.5 Å². The molecule has 0 bridgehead atoms. The average Bonchev–Trinajstić information content (AvgIpc) is 2.65. The van der Waals surface area contributed by atoms with Crippen molar-refractivity contribution in [2.75, 3.05) is 5.32 Å². The Bertz CT molecular complexity index is 610. The lowest BCUT2D eigenvalue weighted by Crippen LogP contribution is -2.00. The summed E-state index contributed by atoms with van der Waals surface area (Å²) >= 11 is 1.04. The van der Waals surface area contributed by atoms with Crippen LogP contribution in [0.3, 0.4) is 0 Å². The van der Waals surface area contributed by atoms with Crippen molar-refractivity contribution >= 4 is 28.0 Å². The van der Waals surface area contributed by atoms with E-state index in [1.54, 1.807) is 6.92 Å². The fourth-order valence-electron chi connectivity index (χ4n) is 1.59. The Labute approximate surface area is 107 Å². The molecule has 0 aliphatic carbocycles. The minimum atomic E-state index is -0.586. The fourth-order valence-corrected chi connectivity index (χ4v) is 2.44. The van der Waals surface area contributed by atoms with Gasteiger partial charge in [-0.3, -0.25) is 4.79 Å². The van der Waals surface area contributed by atoms with Gasteiger partial charge in [0.25, 0.3) is 0 Å². The quantitative estimate of drug-likeness (QED) is 0.863. The van der Waals surface area contributed by atoms with Gasteiger partial charge in [-0.25, -0.2) is 8.78 Å². The second-order valence-electron chi connectivity index (χ2n) is 3.78. The number of Topliss-reactive ketones (excluding diaryl/α,β-unsaturated/α-hetero) is 1. The van der Waals surface area contributed by atoms with E-state index in [1.165, 1.54) is 6.92 Å². The minimum Gasteiger partial charge on any atom is -0.343 e. The first-order valence-corrected chi connectivity index (χ1v) is 5.95. The van der Waals surface area contributed by atoms with Crippen molar-refractivity contribution in [1.82, 2.24) is 4.37 Å². The van der Waals surface area contributed by atoms with Crippen molar-refractivity contribution in [1.29, 1.82) is 0 Å². The maximum absolute atomic E-state index is 13.5. The molecule has 1 N–H and O–H groups in total. The Kier molecular flexibility index (Phi) is 3.38. The predicted octanol–water partition coefficient (Wildman–Crippen LogP) is 3.68. The Morgan fingerprint density at radius 2 is 2.11 bits per heavy atom. The summed E-state index contributed by atoms with van der Waals surface area (Å²) in [6, 6.07) is 3.09. The van der Waals surface area contributed by atoms with Crippen LogP contribution >= 0.6 is 11.5 Å². The minimum absolute atomic E-state index is 0.0128. The van der Waals surface area contributed by atoms with Gasteiger partial charge in [0.15, 0.2) is 5.78 Å². The van der Waals surface area contributed by atoms with Crippen LogP contribution in [0, 0.1) is 18.6 Å². The van der Waals surface area contributed by atoms with E-state index in [1.807, 2.05) is 0 Å². The second-order valence-corrected chi connectivity index (χ2v) is 4.55. The van der Waals surface area contributed by atoms with Crippen molar-refractivity contribution in [2.45, 2.75) is 13.8 Å². The van der Waals surface area contributed by atoms with Crippen LogP contribution in [0.15, 0.2) is 18.2 Å². The number of hydrogen-bond donors (Lipinski definition) is 1. The number of rotatable bonds is 3. The predicted molar refractivity (Wildman–Crippen MR) is 66.5 cm³/mol. The molecule has 0 aliphatic rings. The Morgan fingerprint density at radius 1 is 1.39 bits per heavy atom. The molecule has 1 aromatic heterocycles. The van der Waals surface area contributed by atoms with Gasteiger partial charge in [0.05, 0.1) is 16.9 Å². The second kappa shape index (κ2) is 4.81. The highest BCUT2D eigenvalue weighted by Gasteiger charge is 2.16. The molecule has 0 unspecified atom stereocenters. The first kappa shape index (κ1) is 12.6. The molecule has 94 valence electrons. The highest BCUT2D eigenvalue weighted by atomic mass is 32.1. The summed E-state index contributed by atoms with van der Waals surface area (Å²) in [5, 5.41) is 3.12. The van der Waals surface area contributed by atoms with Crippen molar-refractivity contribution < 1.29 is 13.6 Å². The van der Waals surface area contributed by atoms with Gasteiger partial charge in [0.1, 0.15) is 16.6 Å². The molecular weight excluding hydrogens is 258 g/mol. The van der Waals surface area contributed by atoms with E-state index >= 15 is 0 Å². The van der Waals surface area contributed by atoms with E-state index in [4.69, 9.17) is 0 Å². The summed E-state index contributed by atoms with van der Waals surface area (Å²) in [7, 11) is 0. The van der Waals surface area contributed by atoms with Gasteiger partial charge in [0.2, 0.25) is 0 Å². The summed E-state index contributed by atoms with van der Waals surface area (Å²) in [5.74, 6) is -1.30. The zero-order valence-corrected chi connectivity index (χ0v) is 10.6. The highest BCUT2D eigenvalue weighted by Crippen LogP contribution is 2.29. The summed E-state index contributed by atoms with van der Waals surface area (Å²) in [4.78, 5) is 11.4. The molecule has 0 aliphatic heterocycles. The monoisotopic (exact) mass is 268 g/mol. The summed E-state index contributed by atoms with van der Waals surface area (Å²) in [6.45, 7) is 3.10. The van der Waals surface area contributed by atoms with Crippen LogP contribution in [0.25, 0.3) is 0 Å². The topological polar surface area (TPSA) is 42.0 Å². The number of aryl methyl sites for hydroxylation is 1. The number of nitrogens with zero attached hydrogens (tertiary/aromatic N) is 1. The number of ketones is 1. The number of benzene rings is 1. The van der Waals surface area contributed by atoms with Crippen molar-refractivity contribution in [3.8, 4) is 0 Å². The van der Waals surface area contributed by atoms with Gasteiger partial charge < -0.3 is 5.32 Å². The van der Waals surface area contributed by atoms with Crippen molar-refractivity contribution in [3.05, 3.63) is 41.1 Å². The van der Waals surface area contributed by atoms with Gasteiger partial charge in [0, 0.05) is 6.07 Å². The molecule has 0 saturated carbocycles. The third-order valence-electron chi connectivity index (χ3n) is 2.39. The lowest BCUT2D eigenvalue weighted by molar-refractivity contribution is 0.101. The van der Waals surface area contributed by atoms with E-state index < -0.39 is 11.6 Å². The Morgan fingerprint density at radius 3 is 2.78 bits per heavy atom. The number of carbonyl (C=O) groups is 1. The average molecular weight is 268 g/mol. The Balaban J connectivity index is 2.40. The molecule has 0 saturated heterocycles. The van der Waals surface area contributed by atoms with Gasteiger partial charge in [-0.1, -0.05) is 0 Å². The van der Waals surface area contributed by atoms with Gasteiger partial charge >= 0.3 is 0 Å². The van der Waals surface area contributed by atoms with Crippen LogP contribution in [0.1, 0.15) is 23.0 Å². The first-order valence-electron chi connectivity index (χ1n) is 5.18. The summed E-state index contributed by atoms with van der Waals surface area (Å²) in [6.07, 6.45) is 0. The number of halogens is 2. The molecule has 0 fully saturated rings. The third kappa shape index (κ3) is 2.38. The molecule has 6 heteroatoms. The van der Waals surface area contributed by atoms with Crippen LogP contribution in [-0.2, 0) is 0 Å². The van der Waals surface area contributed by atoms with Crippen LogP contribution < -0.4 is 5.32 Å². The smallest absolute Gasteiger partial charge is 0.164 e. The molecule has 0 radical (unpaired) electrons. The number of anilines is 2. The molecule has 1 aromatic carbocycles. The maximum Gasteiger partial charge on any atom is 0.164 e. The molecular formula is C12H10F2N2OS. The van der Waals surface area contributed by atoms with E-state index in [0.717, 1.165) is 29.7 Å². The lowest BCUT2D eigenvalue weighted by atomic mass is 10.2. The van der Waals surface area contributed by atoms with Crippen LogP contribution in [0.2, 0.25) is 0 Å². The lowest BCUT2D eigenvalue weighted by Gasteiger charge is -2.06. The van der Waals surface area contributed by atoms with Crippen LogP contribution in [0.4, 0.5) is 19.5 Å². The van der Waals surface area contributed by atoms with Crippen LogP contribution in [0.5, 0.6) is 0 Å². The van der Waals surface area contributed by atoms with E-state index in [0.29, 0.717) is 16.3 Å².